The minimum absolute atomic E-state index is 0.0295. The van der Waals surface area contributed by atoms with E-state index < -0.39 is 0 Å². The van der Waals surface area contributed by atoms with Gasteiger partial charge in [0, 0.05) is 6.04 Å². The fourth-order valence-corrected chi connectivity index (χ4v) is 5.01. The summed E-state index contributed by atoms with van der Waals surface area (Å²) in [6.07, 6.45) is 0.861. The lowest BCUT2D eigenvalue weighted by Gasteiger charge is -2.12. The summed E-state index contributed by atoms with van der Waals surface area (Å²) < 4.78 is 2.23. The van der Waals surface area contributed by atoms with Crippen molar-refractivity contribution in [2.75, 3.05) is 0 Å². The maximum absolute atomic E-state index is 6.29. The molecule has 2 aromatic rings. The number of rotatable bonds is 4. The third-order valence-corrected chi connectivity index (χ3v) is 5.57. The van der Waals surface area contributed by atoms with Crippen LogP contribution in [0.5, 0.6) is 0 Å². The molecule has 1 aromatic carbocycles. The molecule has 1 nitrogen and oxygen atoms in total. The Bertz CT molecular complexity index is 546. The Morgan fingerprint density at radius 1 is 1.16 bits per heavy atom. The van der Waals surface area contributed by atoms with Gasteiger partial charge in [-0.15, -0.1) is 11.3 Å². The number of halogens is 2. The van der Waals surface area contributed by atoms with Crippen molar-refractivity contribution in [2.45, 2.75) is 32.2 Å². The van der Waals surface area contributed by atoms with E-state index in [-0.39, 0.29) is 6.04 Å². The molecule has 0 fully saturated rings. The van der Waals surface area contributed by atoms with Gasteiger partial charge in [-0.05, 0) is 67.0 Å². The van der Waals surface area contributed by atoms with Gasteiger partial charge in [-0.3, -0.25) is 0 Å². The summed E-state index contributed by atoms with van der Waals surface area (Å²) in [6, 6.07) is 10.9. The zero-order chi connectivity index (χ0) is 14.0. The van der Waals surface area contributed by atoms with Gasteiger partial charge in [-0.25, -0.2) is 0 Å². The molecule has 0 saturated heterocycles. The van der Waals surface area contributed by atoms with Gasteiger partial charge in [-0.1, -0.05) is 38.1 Å². The summed E-state index contributed by atoms with van der Waals surface area (Å²) >= 11 is 8.73. The Morgan fingerprint density at radius 2 is 1.79 bits per heavy atom. The van der Waals surface area contributed by atoms with Crippen molar-refractivity contribution in [1.29, 1.82) is 0 Å². The van der Waals surface area contributed by atoms with Crippen LogP contribution in [0.25, 0.3) is 0 Å². The predicted molar refractivity (Wildman–Crippen MR) is 90.9 cm³/mol. The van der Waals surface area contributed by atoms with E-state index in [0.29, 0.717) is 5.92 Å². The molecule has 19 heavy (non-hydrogen) atoms. The number of hydrogen-bond donors (Lipinski definition) is 1. The van der Waals surface area contributed by atoms with Gasteiger partial charge in [0.25, 0.3) is 0 Å². The highest BCUT2D eigenvalue weighted by Gasteiger charge is 2.14. The van der Waals surface area contributed by atoms with Crippen molar-refractivity contribution in [3.63, 3.8) is 0 Å². The van der Waals surface area contributed by atoms with Crippen LogP contribution in [0.2, 0.25) is 0 Å². The molecule has 0 aliphatic heterocycles. The molecule has 0 aliphatic carbocycles. The van der Waals surface area contributed by atoms with Crippen LogP contribution < -0.4 is 5.73 Å². The highest BCUT2D eigenvalue weighted by molar-refractivity contribution is 9.12. The van der Waals surface area contributed by atoms with Crippen LogP contribution in [-0.4, -0.2) is 0 Å². The molecule has 0 amide bonds. The minimum Gasteiger partial charge on any atom is -0.324 e. The van der Waals surface area contributed by atoms with Gasteiger partial charge < -0.3 is 5.73 Å². The second-order valence-corrected chi connectivity index (χ2v) is 8.74. The zero-order valence-electron chi connectivity index (χ0n) is 11.0. The molecular formula is C15H17Br2NS. The lowest BCUT2D eigenvalue weighted by Crippen LogP contribution is -2.13. The van der Waals surface area contributed by atoms with Crippen molar-refractivity contribution >= 4 is 43.2 Å². The number of nitrogens with two attached hydrogens (primary N) is 1. The van der Waals surface area contributed by atoms with Crippen LogP contribution >= 0.6 is 43.2 Å². The molecule has 0 spiro atoms. The van der Waals surface area contributed by atoms with Crippen LogP contribution in [0, 0.1) is 0 Å². The summed E-state index contributed by atoms with van der Waals surface area (Å²) in [4.78, 5) is 0. The summed E-state index contributed by atoms with van der Waals surface area (Å²) in [5, 5.41) is 0. The second kappa shape index (κ2) is 6.53. The summed E-state index contributed by atoms with van der Waals surface area (Å²) in [6.45, 7) is 4.42. The SMILES string of the molecule is CC(C)c1ccc(CC(N)c2cc(Br)sc2Br)cc1. The van der Waals surface area contributed by atoms with Crippen molar-refractivity contribution in [3.8, 4) is 0 Å². The van der Waals surface area contributed by atoms with Gasteiger partial charge in [-0.2, -0.15) is 0 Å². The topological polar surface area (TPSA) is 26.0 Å². The van der Waals surface area contributed by atoms with E-state index >= 15 is 0 Å². The Morgan fingerprint density at radius 3 is 2.26 bits per heavy atom. The van der Waals surface area contributed by atoms with Crippen LogP contribution in [0.3, 0.4) is 0 Å². The summed E-state index contributed by atoms with van der Waals surface area (Å²) in [7, 11) is 0. The molecular weight excluding hydrogens is 386 g/mol. The van der Waals surface area contributed by atoms with E-state index in [1.54, 1.807) is 11.3 Å². The molecule has 1 heterocycles. The largest absolute Gasteiger partial charge is 0.324 e. The Hall–Kier alpha value is -0.160. The number of thiophene rings is 1. The zero-order valence-corrected chi connectivity index (χ0v) is 15.0. The third-order valence-electron chi connectivity index (χ3n) is 3.18. The van der Waals surface area contributed by atoms with Crippen molar-refractivity contribution < 1.29 is 0 Å². The fraction of sp³-hybridized carbons (Fsp3) is 0.333. The van der Waals surface area contributed by atoms with Crippen molar-refractivity contribution in [3.05, 3.63) is 54.6 Å². The van der Waals surface area contributed by atoms with Crippen LogP contribution in [0.15, 0.2) is 37.9 Å². The molecule has 2 N–H and O–H groups in total. The summed E-state index contributed by atoms with van der Waals surface area (Å²) in [5.74, 6) is 0.574. The molecule has 0 aliphatic rings. The van der Waals surface area contributed by atoms with E-state index in [1.165, 1.54) is 16.7 Å². The molecule has 4 heteroatoms. The average molecular weight is 403 g/mol. The van der Waals surface area contributed by atoms with E-state index in [2.05, 4.69) is 76.0 Å². The first-order chi connectivity index (χ1) is 8.97. The Labute approximate surface area is 135 Å². The number of benzene rings is 1. The van der Waals surface area contributed by atoms with Gasteiger partial charge in [0.1, 0.15) is 0 Å². The molecule has 1 aromatic heterocycles. The quantitative estimate of drug-likeness (QED) is 0.703. The highest BCUT2D eigenvalue weighted by Crippen LogP contribution is 2.35. The molecule has 2 rings (SSSR count). The lowest BCUT2D eigenvalue weighted by molar-refractivity contribution is 0.721. The smallest absolute Gasteiger partial charge is 0.0758 e. The molecule has 0 bridgehead atoms. The van der Waals surface area contributed by atoms with Crippen molar-refractivity contribution in [1.82, 2.24) is 0 Å². The van der Waals surface area contributed by atoms with Gasteiger partial charge in [0.15, 0.2) is 0 Å². The highest BCUT2D eigenvalue weighted by atomic mass is 79.9. The van der Waals surface area contributed by atoms with Gasteiger partial charge >= 0.3 is 0 Å². The van der Waals surface area contributed by atoms with Crippen LogP contribution in [0.1, 0.15) is 42.5 Å². The Kier molecular flexibility index (Phi) is 5.23. The van der Waals surface area contributed by atoms with Crippen LogP contribution in [-0.2, 0) is 6.42 Å². The monoisotopic (exact) mass is 401 g/mol. The van der Waals surface area contributed by atoms with Crippen molar-refractivity contribution in [2.24, 2.45) is 5.73 Å². The average Bonchev–Trinajstić information content (AvgIpc) is 2.69. The summed E-state index contributed by atoms with van der Waals surface area (Å²) in [5.41, 5.74) is 10.1. The predicted octanol–water partition coefficient (Wildman–Crippen LogP) is 5.64. The maximum Gasteiger partial charge on any atom is 0.0758 e. The van der Waals surface area contributed by atoms with Gasteiger partial charge in [0.2, 0.25) is 0 Å². The van der Waals surface area contributed by atoms with E-state index in [0.717, 1.165) is 14.0 Å². The standard InChI is InChI=1S/C15H17Br2NS/c1-9(2)11-5-3-10(4-6-11)7-13(18)12-8-14(16)19-15(12)17/h3-6,8-9,13H,7,18H2,1-2H3. The lowest BCUT2D eigenvalue weighted by atomic mass is 9.98. The third kappa shape index (κ3) is 3.91. The first kappa shape index (κ1) is 15.2. The van der Waals surface area contributed by atoms with E-state index in [4.69, 9.17) is 5.73 Å². The van der Waals surface area contributed by atoms with E-state index in [9.17, 15) is 0 Å². The molecule has 102 valence electrons. The molecule has 1 atom stereocenters. The van der Waals surface area contributed by atoms with E-state index in [1.807, 2.05) is 0 Å². The molecule has 0 saturated carbocycles. The number of hydrogen-bond acceptors (Lipinski definition) is 2. The molecule has 1 unspecified atom stereocenters. The minimum atomic E-state index is 0.0295. The van der Waals surface area contributed by atoms with Crippen LogP contribution in [0.4, 0.5) is 0 Å². The second-order valence-electron chi connectivity index (χ2n) is 4.99. The Balaban J connectivity index is 2.10. The first-order valence-electron chi connectivity index (χ1n) is 6.26. The fourth-order valence-electron chi connectivity index (χ4n) is 2.01. The normalized spacial score (nSPS) is 12.9. The maximum atomic E-state index is 6.29. The van der Waals surface area contributed by atoms with Gasteiger partial charge in [0.05, 0.1) is 7.57 Å². The first-order valence-corrected chi connectivity index (χ1v) is 8.66. The molecule has 0 radical (unpaired) electrons.